The summed E-state index contributed by atoms with van der Waals surface area (Å²) in [6.07, 6.45) is 0.939. The molecule has 0 saturated heterocycles. The van der Waals surface area contributed by atoms with Gasteiger partial charge >= 0.3 is 0 Å². The van der Waals surface area contributed by atoms with Gasteiger partial charge in [-0.1, -0.05) is 19.9 Å². The lowest BCUT2D eigenvalue weighted by molar-refractivity contribution is -0.106. The fourth-order valence-electron chi connectivity index (χ4n) is 2.28. The Morgan fingerprint density at radius 2 is 2.27 bits per heavy atom. The standard InChI is InChI=1S/C12H16N2O/c1-12(2)8-14(5-6-15)11-7-9(13)3-4-10(11)12/h3-4,6-7H,5,8,13H2,1-2H3. The molecule has 0 amide bonds. The van der Waals surface area contributed by atoms with Gasteiger partial charge in [0.15, 0.2) is 0 Å². The molecule has 0 atom stereocenters. The van der Waals surface area contributed by atoms with E-state index in [0.29, 0.717) is 6.54 Å². The first-order valence-corrected chi connectivity index (χ1v) is 5.13. The van der Waals surface area contributed by atoms with Crippen molar-refractivity contribution in [1.29, 1.82) is 0 Å². The van der Waals surface area contributed by atoms with Crippen molar-refractivity contribution in [1.82, 2.24) is 0 Å². The van der Waals surface area contributed by atoms with Gasteiger partial charge in [-0.15, -0.1) is 0 Å². The van der Waals surface area contributed by atoms with Crippen LogP contribution in [0.3, 0.4) is 0 Å². The molecule has 2 N–H and O–H groups in total. The van der Waals surface area contributed by atoms with Crippen molar-refractivity contribution in [2.24, 2.45) is 0 Å². The second kappa shape index (κ2) is 3.26. The summed E-state index contributed by atoms with van der Waals surface area (Å²) < 4.78 is 0. The number of anilines is 2. The van der Waals surface area contributed by atoms with Gasteiger partial charge in [0.2, 0.25) is 0 Å². The van der Waals surface area contributed by atoms with Crippen molar-refractivity contribution in [3.8, 4) is 0 Å². The van der Waals surface area contributed by atoms with Crippen LogP contribution in [0.2, 0.25) is 0 Å². The highest BCUT2D eigenvalue weighted by atomic mass is 16.1. The summed E-state index contributed by atoms with van der Waals surface area (Å²) in [5.41, 5.74) is 9.00. The average molecular weight is 204 g/mol. The van der Waals surface area contributed by atoms with Crippen molar-refractivity contribution in [3.63, 3.8) is 0 Å². The predicted molar refractivity (Wildman–Crippen MR) is 62.2 cm³/mol. The number of benzene rings is 1. The lowest BCUT2D eigenvalue weighted by Crippen LogP contribution is -2.29. The van der Waals surface area contributed by atoms with Crippen LogP contribution in [0.1, 0.15) is 19.4 Å². The van der Waals surface area contributed by atoms with Crippen LogP contribution in [0.5, 0.6) is 0 Å². The monoisotopic (exact) mass is 204 g/mol. The van der Waals surface area contributed by atoms with Crippen LogP contribution in [-0.2, 0) is 10.2 Å². The number of aldehydes is 1. The number of nitrogen functional groups attached to an aromatic ring is 1. The van der Waals surface area contributed by atoms with Crippen molar-refractivity contribution in [3.05, 3.63) is 23.8 Å². The third kappa shape index (κ3) is 1.58. The first-order chi connectivity index (χ1) is 7.04. The SMILES string of the molecule is CC1(C)CN(CC=O)c2cc(N)ccc21. The molecule has 0 spiro atoms. The maximum atomic E-state index is 10.6. The summed E-state index contributed by atoms with van der Waals surface area (Å²) in [6.45, 7) is 5.70. The summed E-state index contributed by atoms with van der Waals surface area (Å²) in [4.78, 5) is 12.7. The average Bonchev–Trinajstić information content (AvgIpc) is 2.39. The van der Waals surface area contributed by atoms with Gasteiger partial charge in [0.05, 0.1) is 6.54 Å². The second-order valence-corrected chi connectivity index (χ2v) is 4.71. The van der Waals surface area contributed by atoms with Gasteiger partial charge in [0.25, 0.3) is 0 Å². The van der Waals surface area contributed by atoms with Crippen LogP contribution in [0.25, 0.3) is 0 Å². The topological polar surface area (TPSA) is 46.3 Å². The van der Waals surface area contributed by atoms with Crippen molar-refractivity contribution < 1.29 is 4.79 Å². The van der Waals surface area contributed by atoms with Gasteiger partial charge in [0.1, 0.15) is 6.29 Å². The number of carbonyl (C=O) groups excluding carboxylic acids is 1. The van der Waals surface area contributed by atoms with E-state index >= 15 is 0 Å². The molecule has 0 aliphatic carbocycles. The van der Waals surface area contributed by atoms with Gasteiger partial charge in [-0.2, -0.15) is 0 Å². The normalized spacial score (nSPS) is 17.6. The Bertz CT molecular complexity index is 399. The lowest BCUT2D eigenvalue weighted by atomic mass is 9.87. The van der Waals surface area contributed by atoms with Gasteiger partial charge in [0, 0.05) is 23.3 Å². The first-order valence-electron chi connectivity index (χ1n) is 5.13. The first kappa shape index (κ1) is 10.0. The molecule has 0 unspecified atom stereocenters. The summed E-state index contributed by atoms with van der Waals surface area (Å²) in [7, 11) is 0. The Hall–Kier alpha value is -1.51. The number of hydrogen-bond donors (Lipinski definition) is 1. The molecule has 1 aromatic rings. The molecule has 3 nitrogen and oxygen atoms in total. The highest BCUT2D eigenvalue weighted by Crippen LogP contribution is 2.40. The maximum absolute atomic E-state index is 10.6. The zero-order valence-electron chi connectivity index (χ0n) is 9.16. The maximum Gasteiger partial charge on any atom is 0.139 e. The van der Waals surface area contributed by atoms with Crippen LogP contribution in [0, 0.1) is 0 Å². The van der Waals surface area contributed by atoms with Crippen molar-refractivity contribution >= 4 is 17.7 Å². The van der Waals surface area contributed by atoms with Crippen LogP contribution in [0.4, 0.5) is 11.4 Å². The molecule has 1 aliphatic rings. The van der Waals surface area contributed by atoms with Crippen LogP contribution < -0.4 is 10.6 Å². The fraction of sp³-hybridized carbons (Fsp3) is 0.417. The van der Waals surface area contributed by atoms with Gasteiger partial charge in [-0.25, -0.2) is 0 Å². The molecule has 3 heteroatoms. The van der Waals surface area contributed by atoms with E-state index in [0.717, 1.165) is 24.2 Å². The van der Waals surface area contributed by atoms with E-state index < -0.39 is 0 Å². The van der Waals surface area contributed by atoms with Gasteiger partial charge < -0.3 is 15.4 Å². The zero-order chi connectivity index (χ0) is 11.1. The molecule has 1 heterocycles. The molecular weight excluding hydrogens is 188 g/mol. The fourth-order valence-corrected chi connectivity index (χ4v) is 2.28. The predicted octanol–water partition coefficient (Wildman–Crippen LogP) is 1.57. The van der Waals surface area contributed by atoms with E-state index in [2.05, 4.69) is 24.8 Å². The molecule has 2 rings (SSSR count). The molecule has 80 valence electrons. The molecule has 1 aliphatic heterocycles. The number of carbonyl (C=O) groups is 1. The number of fused-ring (bicyclic) bond motifs is 1. The third-order valence-electron chi connectivity index (χ3n) is 2.97. The minimum absolute atomic E-state index is 0.103. The molecule has 0 radical (unpaired) electrons. The van der Waals surface area contributed by atoms with E-state index in [1.165, 1.54) is 5.56 Å². The summed E-state index contributed by atoms with van der Waals surface area (Å²) in [6, 6.07) is 5.94. The number of rotatable bonds is 2. The largest absolute Gasteiger partial charge is 0.399 e. The molecule has 0 fully saturated rings. The van der Waals surface area contributed by atoms with Gasteiger partial charge in [-0.05, 0) is 17.7 Å². The minimum atomic E-state index is 0.103. The van der Waals surface area contributed by atoms with E-state index in [1.54, 1.807) is 0 Å². The van der Waals surface area contributed by atoms with Crippen molar-refractivity contribution in [2.75, 3.05) is 23.7 Å². The van der Waals surface area contributed by atoms with Crippen LogP contribution >= 0.6 is 0 Å². The Kier molecular flexibility index (Phi) is 2.18. The minimum Gasteiger partial charge on any atom is -0.399 e. The molecule has 0 aromatic heterocycles. The Morgan fingerprint density at radius 1 is 1.53 bits per heavy atom. The number of nitrogens with zero attached hydrogens (tertiary/aromatic N) is 1. The molecule has 0 saturated carbocycles. The van der Waals surface area contributed by atoms with E-state index in [-0.39, 0.29) is 5.41 Å². The Balaban J connectivity index is 2.48. The van der Waals surface area contributed by atoms with E-state index in [1.807, 2.05) is 12.1 Å². The van der Waals surface area contributed by atoms with Crippen LogP contribution in [0.15, 0.2) is 18.2 Å². The number of hydrogen-bond acceptors (Lipinski definition) is 3. The summed E-state index contributed by atoms with van der Waals surface area (Å²) in [5.74, 6) is 0. The quantitative estimate of drug-likeness (QED) is 0.587. The third-order valence-corrected chi connectivity index (χ3v) is 2.97. The summed E-state index contributed by atoms with van der Waals surface area (Å²) >= 11 is 0. The summed E-state index contributed by atoms with van der Waals surface area (Å²) in [5, 5.41) is 0. The number of nitrogens with two attached hydrogens (primary N) is 1. The van der Waals surface area contributed by atoms with Gasteiger partial charge in [-0.3, -0.25) is 0 Å². The highest BCUT2D eigenvalue weighted by molar-refractivity contribution is 5.71. The molecular formula is C12H16N2O. The highest BCUT2D eigenvalue weighted by Gasteiger charge is 2.34. The Morgan fingerprint density at radius 3 is 2.93 bits per heavy atom. The van der Waals surface area contributed by atoms with E-state index in [9.17, 15) is 4.79 Å². The molecule has 15 heavy (non-hydrogen) atoms. The molecule has 0 bridgehead atoms. The van der Waals surface area contributed by atoms with E-state index in [4.69, 9.17) is 5.73 Å². The smallest absolute Gasteiger partial charge is 0.139 e. The lowest BCUT2D eigenvalue weighted by Gasteiger charge is -2.20. The van der Waals surface area contributed by atoms with Crippen molar-refractivity contribution in [2.45, 2.75) is 19.3 Å². The zero-order valence-corrected chi connectivity index (χ0v) is 9.16. The molecule has 1 aromatic carbocycles. The van der Waals surface area contributed by atoms with Crippen LogP contribution in [-0.4, -0.2) is 19.4 Å². The Labute approximate surface area is 89.9 Å². The second-order valence-electron chi connectivity index (χ2n) is 4.71.